The van der Waals surface area contributed by atoms with E-state index in [1.54, 1.807) is 13.1 Å². The van der Waals surface area contributed by atoms with Gasteiger partial charge < -0.3 is 14.6 Å². The van der Waals surface area contributed by atoms with E-state index in [2.05, 4.69) is 37.1 Å². The summed E-state index contributed by atoms with van der Waals surface area (Å²) >= 11 is 0. The van der Waals surface area contributed by atoms with Gasteiger partial charge in [-0.05, 0) is 39.7 Å². The standard InChI is InChI=1S/C19H22N6O2/c1-11-5-8-20-13(24-11)9-21-17(26)14-12(2)27-18-15(14)16(22-10-23-18)25(4)19(3)6-7-19/h5,8,10H,6-7,9H2,1-4H3,(H,21,26). The number of carbonyl (C=O) groups is 1. The summed E-state index contributed by atoms with van der Waals surface area (Å²) in [6, 6.07) is 1.82. The molecule has 1 aliphatic rings. The zero-order valence-corrected chi connectivity index (χ0v) is 15.9. The fourth-order valence-corrected chi connectivity index (χ4v) is 3.16. The minimum atomic E-state index is -0.248. The Morgan fingerprint density at radius 3 is 2.78 bits per heavy atom. The van der Waals surface area contributed by atoms with Crippen molar-refractivity contribution in [1.29, 1.82) is 0 Å². The predicted molar refractivity (Wildman–Crippen MR) is 101 cm³/mol. The van der Waals surface area contributed by atoms with Crippen molar-refractivity contribution < 1.29 is 9.21 Å². The topological polar surface area (TPSA) is 97.0 Å². The monoisotopic (exact) mass is 366 g/mol. The van der Waals surface area contributed by atoms with E-state index in [9.17, 15) is 4.79 Å². The summed E-state index contributed by atoms with van der Waals surface area (Å²) in [5, 5.41) is 3.53. The van der Waals surface area contributed by atoms with E-state index in [0.29, 0.717) is 34.1 Å². The Labute approximate surface area is 157 Å². The zero-order valence-electron chi connectivity index (χ0n) is 15.9. The van der Waals surface area contributed by atoms with Gasteiger partial charge in [-0.3, -0.25) is 4.79 Å². The molecule has 1 fully saturated rings. The summed E-state index contributed by atoms with van der Waals surface area (Å²) in [6.07, 6.45) is 5.35. The average Bonchev–Trinajstić information content (AvgIpc) is 3.30. The van der Waals surface area contributed by atoms with Gasteiger partial charge in [0.15, 0.2) is 0 Å². The van der Waals surface area contributed by atoms with Crippen molar-refractivity contribution in [3.63, 3.8) is 0 Å². The fraction of sp³-hybridized carbons (Fsp3) is 0.421. The van der Waals surface area contributed by atoms with Crippen LogP contribution in [0.3, 0.4) is 0 Å². The Balaban J connectivity index is 1.68. The molecule has 0 bridgehead atoms. The molecule has 3 aromatic rings. The molecule has 27 heavy (non-hydrogen) atoms. The van der Waals surface area contributed by atoms with Crippen molar-refractivity contribution in [2.24, 2.45) is 0 Å². The number of nitrogens with zero attached hydrogens (tertiary/aromatic N) is 5. The second kappa shape index (κ2) is 6.29. The maximum absolute atomic E-state index is 12.9. The second-order valence-corrected chi connectivity index (χ2v) is 7.26. The van der Waals surface area contributed by atoms with Gasteiger partial charge in [-0.2, -0.15) is 0 Å². The number of nitrogens with one attached hydrogen (secondary N) is 1. The fourth-order valence-electron chi connectivity index (χ4n) is 3.16. The number of fused-ring (bicyclic) bond motifs is 1. The number of rotatable bonds is 5. The molecule has 1 amide bonds. The Hall–Kier alpha value is -3.03. The quantitative estimate of drug-likeness (QED) is 0.741. The van der Waals surface area contributed by atoms with Crippen molar-refractivity contribution in [2.75, 3.05) is 11.9 Å². The second-order valence-electron chi connectivity index (χ2n) is 7.26. The molecule has 8 nitrogen and oxygen atoms in total. The Kier molecular flexibility index (Phi) is 4.05. The minimum Gasteiger partial charge on any atom is -0.442 e. The van der Waals surface area contributed by atoms with Crippen molar-refractivity contribution in [2.45, 2.75) is 45.7 Å². The highest BCUT2D eigenvalue weighted by atomic mass is 16.3. The van der Waals surface area contributed by atoms with Gasteiger partial charge in [-0.1, -0.05) is 0 Å². The molecule has 0 aromatic carbocycles. The number of aromatic nitrogens is 4. The van der Waals surface area contributed by atoms with Crippen LogP contribution in [0.4, 0.5) is 5.82 Å². The molecule has 0 unspecified atom stereocenters. The minimum absolute atomic E-state index is 0.0651. The molecule has 0 atom stereocenters. The number of carbonyl (C=O) groups excluding carboxylic acids is 1. The number of anilines is 1. The van der Waals surface area contributed by atoms with Crippen LogP contribution >= 0.6 is 0 Å². The molecule has 0 spiro atoms. The Morgan fingerprint density at radius 2 is 2.07 bits per heavy atom. The number of amides is 1. The molecule has 140 valence electrons. The smallest absolute Gasteiger partial charge is 0.256 e. The van der Waals surface area contributed by atoms with Crippen LogP contribution in [-0.4, -0.2) is 38.4 Å². The number of furan rings is 1. The van der Waals surface area contributed by atoms with Gasteiger partial charge in [0.25, 0.3) is 5.91 Å². The number of aryl methyl sites for hydroxylation is 2. The first-order valence-corrected chi connectivity index (χ1v) is 8.94. The van der Waals surface area contributed by atoms with Crippen molar-refractivity contribution >= 4 is 22.8 Å². The third-order valence-corrected chi connectivity index (χ3v) is 5.22. The van der Waals surface area contributed by atoms with Crippen molar-refractivity contribution in [1.82, 2.24) is 25.3 Å². The van der Waals surface area contributed by atoms with Crippen LogP contribution in [0.2, 0.25) is 0 Å². The van der Waals surface area contributed by atoms with E-state index in [1.807, 2.05) is 20.0 Å². The van der Waals surface area contributed by atoms with E-state index < -0.39 is 0 Å². The largest absolute Gasteiger partial charge is 0.442 e. The van der Waals surface area contributed by atoms with Crippen LogP contribution in [0.25, 0.3) is 11.1 Å². The zero-order chi connectivity index (χ0) is 19.2. The summed E-state index contributed by atoms with van der Waals surface area (Å²) in [7, 11) is 2.00. The van der Waals surface area contributed by atoms with E-state index in [0.717, 1.165) is 18.5 Å². The maximum Gasteiger partial charge on any atom is 0.256 e. The molecule has 8 heteroatoms. The molecule has 0 saturated heterocycles. The normalized spacial score (nSPS) is 15.0. The number of hydrogen-bond donors (Lipinski definition) is 1. The molecule has 3 aromatic heterocycles. The van der Waals surface area contributed by atoms with Gasteiger partial charge in [0.1, 0.15) is 23.7 Å². The van der Waals surface area contributed by atoms with Gasteiger partial charge in [-0.25, -0.2) is 19.9 Å². The molecule has 1 saturated carbocycles. The highest BCUT2D eigenvalue weighted by molar-refractivity contribution is 6.10. The Morgan fingerprint density at radius 1 is 1.30 bits per heavy atom. The van der Waals surface area contributed by atoms with E-state index in [4.69, 9.17) is 4.42 Å². The summed E-state index contributed by atoms with van der Waals surface area (Å²) < 4.78 is 5.75. The molecular formula is C19H22N6O2. The van der Waals surface area contributed by atoms with Crippen LogP contribution < -0.4 is 10.2 Å². The lowest BCUT2D eigenvalue weighted by Crippen LogP contribution is -2.32. The summed E-state index contributed by atoms with van der Waals surface area (Å²) in [4.78, 5) is 32.2. The summed E-state index contributed by atoms with van der Waals surface area (Å²) in [5.74, 6) is 1.55. The Bertz CT molecular complexity index is 1020. The lowest BCUT2D eigenvalue weighted by Gasteiger charge is -2.26. The third-order valence-electron chi connectivity index (χ3n) is 5.22. The average molecular weight is 366 g/mol. The first-order valence-electron chi connectivity index (χ1n) is 8.94. The van der Waals surface area contributed by atoms with E-state index in [-0.39, 0.29) is 18.0 Å². The van der Waals surface area contributed by atoms with Crippen LogP contribution in [0.5, 0.6) is 0 Å². The first kappa shape index (κ1) is 17.4. The lowest BCUT2D eigenvalue weighted by molar-refractivity contribution is 0.0949. The molecule has 1 aliphatic carbocycles. The third kappa shape index (κ3) is 3.11. The first-order chi connectivity index (χ1) is 12.9. The predicted octanol–water partition coefficient (Wildman–Crippen LogP) is 2.55. The van der Waals surface area contributed by atoms with Gasteiger partial charge in [0.05, 0.1) is 17.5 Å². The summed E-state index contributed by atoms with van der Waals surface area (Å²) in [5.41, 5.74) is 1.80. The van der Waals surface area contributed by atoms with E-state index in [1.165, 1.54) is 6.33 Å². The molecule has 4 rings (SSSR count). The molecule has 3 heterocycles. The molecule has 0 radical (unpaired) electrons. The van der Waals surface area contributed by atoms with Crippen LogP contribution in [0.15, 0.2) is 23.0 Å². The van der Waals surface area contributed by atoms with Gasteiger partial charge in [0.2, 0.25) is 5.71 Å². The number of hydrogen-bond acceptors (Lipinski definition) is 7. The van der Waals surface area contributed by atoms with Crippen molar-refractivity contribution in [3.8, 4) is 0 Å². The van der Waals surface area contributed by atoms with Crippen LogP contribution in [-0.2, 0) is 6.54 Å². The van der Waals surface area contributed by atoms with Crippen LogP contribution in [0.1, 0.15) is 47.4 Å². The molecule has 1 N–H and O–H groups in total. The summed E-state index contributed by atoms with van der Waals surface area (Å²) in [6.45, 7) is 6.08. The lowest BCUT2D eigenvalue weighted by atomic mass is 10.1. The molecule has 0 aliphatic heterocycles. The van der Waals surface area contributed by atoms with Gasteiger partial charge in [0, 0.05) is 24.5 Å². The van der Waals surface area contributed by atoms with E-state index >= 15 is 0 Å². The van der Waals surface area contributed by atoms with Gasteiger partial charge >= 0.3 is 0 Å². The highest BCUT2D eigenvalue weighted by Gasteiger charge is 2.43. The van der Waals surface area contributed by atoms with Gasteiger partial charge in [-0.15, -0.1) is 0 Å². The molecular weight excluding hydrogens is 344 g/mol. The highest BCUT2D eigenvalue weighted by Crippen LogP contribution is 2.44. The SMILES string of the molecule is Cc1ccnc(CNC(=O)c2c(C)oc3ncnc(N(C)C4(C)CC4)c23)n1. The maximum atomic E-state index is 12.9. The van der Waals surface area contributed by atoms with Crippen molar-refractivity contribution in [3.05, 3.63) is 41.4 Å². The van der Waals surface area contributed by atoms with Crippen LogP contribution in [0, 0.1) is 13.8 Å².